The van der Waals surface area contributed by atoms with Crippen LogP contribution in [0.25, 0.3) is 22.5 Å². The van der Waals surface area contributed by atoms with Crippen molar-refractivity contribution in [2.45, 2.75) is 12.8 Å². The third-order valence-corrected chi connectivity index (χ3v) is 4.59. The fourth-order valence-electron chi connectivity index (χ4n) is 3.15. The quantitative estimate of drug-likeness (QED) is 0.403. The highest BCUT2D eigenvalue weighted by Gasteiger charge is 2.04. The maximum atomic E-state index is 12.1. The molecule has 0 saturated carbocycles. The van der Waals surface area contributed by atoms with Crippen LogP contribution in [0.3, 0.4) is 0 Å². The number of carbonyl (C=O) groups is 1. The van der Waals surface area contributed by atoms with Crippen LogP contribution in [-0.2, 0) is 11.2 Å². The van der Waals surface area contributed by atoms with Crippen molar-refractivity contribution in [1.82, 2.24) is 19.7 Å². The molecular formula is C22H20N4O2. The van der Waals surface area contributed by atoms with E-state index in [1.165, 1.54) is 6.08 Å². The molecule has 0 bridgehead atoms. The van der Waals surface area contributed by atoms with Crippen LogP contribution in [0.5, 0.6) is 0 Å². The number of pyridine rings is 2. The SMILES string of the molecule is O=C(/C=C/c1cc2ccccc2[nH]c1=O)NCCCc1ncc2ccccn12. The van der Waals surface area contributed by atoms with Gasteiger partial charge in [-0.1, -0.05) is 24.3 Å². The first-order valence-corrected chi connectivity index (χ1v) is 9.20. The molecule has 0 aliphatic rings. The molecule has 140 valence electrons. The Labute approximate surface area is 161 Å². The number of benzene rings is 1. The van der Waals surface area contributed by atoms with E-state index in [0.29, 0.717) is 12.1 Å². The molecule has 0 radical (unpaired) electrons. The van der Waals surface area contributed by atoms with Crippen LogP contribution in [0, 0.1) is 0 Å². The van der Waals surface area contributed by atoms with Gasteiger partial charge in [-0.3, -0.25) is 9.59 Å². The summed E-state index contributed by atoms with van der Waals surface area (Å²) in [6, 6.07) is 15.3. The van der Waals surface area contributed by atoms with E-state index in [1.54, 1.807) is 12.1 Å². The van der Waals surface area contributed by atoms with E-state index >= 15 is 0 Å². The summed E-state index contributed by atoms with van der Waals surface area (Å²) in [5, 5.41) is 3.77. The third-order valence-electron chi connectivity index (χ3n) is 4.59. The van der Waals surface area contributed by atoms with Gasteiger partial charge in [0.05, 0.1) is 11.7 Å². The highest BCUT2D eigenvalue weighted by molar-refractivity contribution is 5.92. The Hall–Kier alpha value is -3.67. The number of amides is 1. The van der Waals surface area contributed by atoms with E-state index in [0.717, 1.165) is 35.1 Å². The molecular weight excluding hydrogens is 352 g/mol. The first-order valence-electron chi connectivity index (χ1n) is 9.20. The molecule has 28 heavy (non-hydrogen) atoms. The summed E-state index contributed by atoms with van der Waals surface area (Å²) >= 11 is 0. The second kappa shape index (κ2) is 7.92. The predicted octanol–water partition coefficient (Wildman–Crippen LogP) is 2.94. The molecule has 1 aromatic carbocycles. The van der Waals surface area contributed by atoms with Crippen molar-refractivity contribution in [3.63, 3.8) is 0 Å². The number of imidazole rings is 1. The molecule has 0 aliphatic carbocycles. The van der Waals surface area contributed by atoms with Crippen molar-refractivity contribution >= 4 is 28.4 Å². The molecule has 1 amide bonds. The lowest BCUT2D eigenvalue weighted by Gasteiger charge is -2.03. The van der Waals surface area contributed by atoms with E-state index in [9.17, 15) is 9.59 Å². The van der Waals surface area contributed by atoms with Crippen LogP contribution >= 0.6 is 0 Å². The summed E-state index contributed by atoms with van der Waals surface area (Å²) in [5.41, 5.74) is 2.08. The molecule has 6 nitrogen and oxygen atoms in total. The fourth-order valence-corrected chi connectivity index (χ4v) is 3.15. The summed E-state index contributed by atoms with van der Waals surface area (Å²) in [6.45, 7) is 0.541. The number of hydrogen-bond donors (Lipinski definition) is 2. The zero-order valence-corrected chi connectivity index (χ0v) is 15.3. The van der Waals surface area contributed by atoms with Gasteiger partial charge in [0.15, 0.2) is 0 Å². The molecule has 0 atom stereocenters. The molecule has 0 spiro atoms. The number of fused-ring (bicyclic) bond motifs is 2. The van der Waals surface area contributed by atoms with E-state index in [1.807, 2.05) is 59.3 Å². The van der Waals surface area contributed by atoms with E-state index < -0.39 is 0 Å². The number of rotatable bonds is 6. The molecule has 4 rings (SSSR count). The highest BCUT2D eigenvalue weighted by atomic mass is 16.1. The third kappa shape index (κ3) is 3.86. The second-order valence-corrected chi connectivity index (χ2v) is 6.54. The molecule has 4 aromatic rings. The van der Waals surface area contributed by atoms with Gasteiger partial charge in [-0.2, -0.15) is 0 Å². The molecule has 0 aliphatic heterocycles. The normalized spacial score (nSPS) is 11.4. The van der Waals surface area contributed by atoms with Gasteiger partial charge < -0.3 is 14.7 Å². The van der Waals surface area contributed by atoms with Crippen molar-refractivity contribution in [3.05, 3.63) is 88.7 Å². The van der Waals surface area contributed by atoms with Gasteiger partial charge in [0.2, 0.25) is 5.91 Å². The lowest BCUT2D eigenvalue weighted by molar-refractivity contribution is -0.116. The highest BCUT2D eigenvalue weighted by Crippen LogP contribution is 2.11. The summed E-state index contributed by atoms with van der Waals surface area (Å²) in [4.78, 5) is 31.4. The number of nitrogens with one attached hydrogen (secondary N) is 2. The van der Waals surface area contributed by atoms with E-state index in [2.05, 4.69) is 15.3 Å². The first-order chi connectivity index (χ1) is 13.7. The Morgan fingerprint density at radius 2 is 2.04 bits per heavy atom. The smallest absolute Gasteiger partial charge is 0.255 e. The minimum Gasteiger partial charge on any atom is -0.353 e. The summed E-state index contributed by atoms with van der Waals surface area (Å²) in [5.74, 6) is 0.753. The molecule has 3 heterocycles. The van der Waals surface area contributed by atoms with E-state index in [4.69, 9.17) is 0 Å². The average Bonchev–Trinajstić information content (AvgIpc) is 3.13. The topological polar surface area (TPSA) is 79.3 Å². The maximum absolute atomic E-state index is 12.1. The molecule has 0 saturated heterocycles. The number of H-pyrrole nitrogens is 1. The zero-order chi connectivity index (χ0) is 19.3. The number of aryl methyl sites for hydroxylation is 1. The van der Waals surface area contributed by atoms with E-state index in [-0.39, 0.29) is 11.5 Å². The Kier molecular flexibility index (Phi) is 5.01. The Balaban J connectivity index is 1.32. The summed E-state index contributed by atoms with van der Waals surface area (Å²) in [7, 11) is 0. The lowest BCUT2D eigenvalue weighted by atomic mass is 10.1. The van der Waals surface area contributed by atoms with Crippen LogP contribution < -0.4 is 10.9 Å². The fraction of sp³-hybridized carbons (Fsp3) is 0.136. The van der Waals surface area contributed by atoms with Crippen LogP contribution in [0.2, 0.25) is 0 Å². The average molecular weight is 372 g/mol. The Bertz CT molecular complexity index is 1220. The standard InChI is InChI=1S/C22H20N4O2/c27-21(11-10-17-14-16-6-1-2-8-19(16)25-22(17)28)23-12-5-9-20-24-15-18-7-3-4-13-26(18)20/h1-4,6-8,10-11,13-15H,5,9,12H2,(H,23,27)(H,25,28)/b11-10+. The summed E-state index contributed by atoms with van der Waals surface area (Å²) < 4.78 is 2.05. The van der Waals surface area contributed by atoms with Crippen molar-refractivity contribution in [1.29, 1.82) is 0 Å². The van der Waals surface area contributed by atoms with Gasteiger partial charge in [-0.05, 0) is 42.1 Å². The second-order valence-electron chi connectivity index (χ2n) is 6.54. The van der Waals surface area contributed by atoms with Gasteiger partial charge >= 0.3 is 0 Å². The number of para-hydroxylation sites is 1. The minimum atomic E-state index is -0.222. The zero-order valence-electron chi connectivity index (χ0n) is 15.3. The monoisotopic (exact) mass is 372 g/mol. The Morgan fingerprint density at radius 1 is 1.18 bits per heavy atom. The van der Waals surface area contributed by atoms with Crippen molar-refractivity contribution in [2.24, 2.45) is 0 Å². The van der Waals surface area contributed by atoms with Gasteiger partial charge in [0, 0.05) is 36.3 Å². The van der Waals surface area contributed by atoms with Gasteiger partial charge in [-0.25, -0.2) is 4.98 Å². The number of hydrogen-bond acceptors (Lipinski definition) is 3. The first kappa shape index (κ1) is 17.7. The number of aromatic nitrogens is 3. The largest absolute Gasteiger partial charge is 0.353 e. The van der Waals surface area contributed by atoms with Crippen LogP contribution in [0.15, 0.2) is 71.8 Å². The van der Waals surface area contributed by atoms with Crippen LogP contribution in [0.4, 0.5) is 0 Å². The number of carbonyl (C=O) groups excluding carboxylic acids is 1. The van der Waals surface area contributed by atoms with Gasteiger partial charge in [0.25, 0.3) is 5.56 Å². The van der Waals surface area contributed by atoms with Gasteiger partial charge in [-0.15, -0.1) is 0 Å². The number of aromatic amines is 1. The molecule has 0 unspecified atom stereocenters. The molecule has 6 heteroatoms. The van der Waals surface area contributed by atoms with Crippen molar-refractivity contribution in [3.8, 4) is 0 Å². The summed E-state index contributed by atoms with van der Waals surface area (Å²) in [6.07, 6.45) is 8.32. The molecule has 3 aromatic heterocycles. The van der Waals surface area contributed by atoms with Crippen LogP contribution in [0.1, 0.15) is 17.8 Å². The number of nitrogens with zero attached hydrogens (tertiary/aromatic N) is 2. The predicted molar refractivity (Wildman–Crippen MR) is 110 cm³/mol. The molecule has 2 N–H and O–H groups in total. The van der Waals surface area contributed by atoms with Crippen molar-refractivity contribution < 1.29 is 4.79 Å². The Morgan fingerprint density at radius 3 is 2.96 bits per heavy atom. The van der Waals surface area contributed by atoms with Crippen LogP contribution in [-0.4, -0.2) is 26.8 Å². The maximum Gasteiger partial charge on any atom is 0.255 e. The van der Waals surface area contributed by atoms with Crippen molar-refractivity contribution in [2.75, 3.05) is 6.54 Å². The molecule has 0 fully saturated rings. The minimum absolute atomic E-state index is 0.214. The lowest BCUT2D eigenvalue weighted by Crippen LogP contribution is -2.22. The van der Waals surface area contributed by atoms with Gasteiger partial charge in [0.1, 0.15) is 5.82 Å².